The molecule has 0 amide bonds. The second kappa shape index (κ2) is 10.8. The Morgan fingerprint density at radius 2 is 1.46 bits per heavy atom. The number of thioether (sulfide) groups is 2. The lowest BCUT2D eigenvalue weighted by Crippen LogP contribution is -2.22. The van der Waals surface area contributed by atoms with Crippen molar-refractivity contribution in [1.29, 1.82) is 0 Å². The summed E-state index contributed by atoms with van der Waals surface area (Å²) >= 11 is 2.89. The van der Waals surface area contributed by atoms with Crippen LogP contribution in [0.15, 0.2) is 94.0 Å². The number of benzene rings is 3. The minimum atomic E-state index is -4.46. The van der Waals surface area contributed by atoms with Gasteiger partial charge in [0.05, 0.1) is 27.8 Å². The largest absolute Gasteiger partial charge is 0.416 e. The Bertz CT molecular complexity index is 1570. The third-order valence-electron chi connectivity index (χ3n) is 5.39. The Hall–Kier alpha value is -3.64. The Labute approximate surface area is 217 Å². The molecule has 0 aliphatic rings. The maximum atomic E-state index is 13.3. The average molecular weight is 541 g/mol. The summed E-state index contributed by atoms with van der Waals surface area (Å²) < 4.78 is 42.2. The van der Waals surface area contributed by atoms with Gasteiger partial charge in [-0.1, -0.05) is 53.9 Å². The van der Waals surface area contributed by atoms with Crippen LogP contribution in [-0.2, 0) is 6.18 Å². The number of nitrogens with zero attached hydrogens (tertiary/aromatic N) is 6. The molecule has 0 N–H and O–H groups in total. The van der Waals surface area contributed by atoms with E-state index in [4.69, 9.17) is 0 Å². The van der Waals surface area contributed by atoms with Crippen molar-refractivity contribution in [1.82, 2.24) is 29.8 Å². The van der Waals surface area contributed by atoms with Gasteiger partial charge >= 0.3 is 6.18 Å². The van der Waals surface area contributed by atoms with Gasteiger partial charge in [0.15, 0.2) is 5.16 Å². The molecule has 0 atom stereocenters. The van der Waals surface area contributed by atoms with Crippen molar-refractivity contribution < 1.29 is 13.2 Å². The third-order valence-corrected chi connectivity index (χ3v) is 7.42. The zero-order valence-corrected chi connectivity index (χ0v) is 20.8. The van der Waals surface area contributed by atoms with E-state index in [-0.39, 0.29) is 5.56 Å². The first-order chi connectivity index (χ1) is 17.9. The summed E-state index contributed by atoms with van der Waals surface area (Å²) in [6.45, 7) is 0. The minimum Gasteiger partial charge on any atom is -0.268 e. The summed E-state index contributed by atoms with van der Waals surface area (Å²) in [7, 11) is 0. The van der Waals surface area contributed by atoms with E-state index < -0.39 is 11.7 Å². The van der Waals surface area contributed by atoms with Crippen LogP contribution < -0.4 is 5.56 Å². The molecule has 12 heteroatoms. The SMILES string of the molecule is O=c1c2ccccc2nc(SCCCSc2nnnn2-c2ccccc2)n1-c1ccc(C(F)(F)F)cc1. The molecule has 2 aromatic heterocycles. The minimum absolute atomic E-state index is 0.329. The number of aromatic nitrogens is 6. The van der Waals surface area contributed by atoms with Gasteiger partial charge in [-0.15, -0.1) is 5.10 Å². The zero-order valence-electron chi connectivity index (χ0n) is 19.2. The smallest absolute Gasteiger partial charge is 0.268 e. The summed E-state index contributed by atoms with van der Waals surface area (Å²) in [4.78, 5) is 18.0. The lowest BCUT2D eigenvalue weighted by Gasteiger charge is -2.14. The van der Waals surface area contributed by atoms with E-state index in [0.717, 1.165) is 30.0 Å². The fraction of sp³-hybridized carbons (Fsp3) is 0.160. The van der Waals surface area contributed by atoms with Gasteiger partial charge in [0.2, 0.25) is 5.16 Å². The fourth-order valence-electron chi connectivity index (χ4n) is 3.62. The topological polar surface area (TPSA) is 78.5 Å². The van der Waals surface area contributed by atoms with Crippen LogP contribution >= 0.6 is 23.5 Å². The molecule has 37 heavy (non-hydrogen) atoms. The number of rotatable bonds is 8. The second-order valence-corrected chi connectivity index (χ2v) is 9.98. The molecular weight excluding hydrogens is 521 g/mol. The highest BCUT2D eigenvalue weighted by Gasteiger charge is 2.30. The molecule has 7 nitrogen and oxygen atoms in total. The molecule has 188 valence electrons. The van der Waals surface area contributed by atoms with Gasteiger partial charge < -0.3 is 0 Å². The second-order valence-electron chi connectivity index (χ2n) is 7.86. The van der Waals surface area contributed by atoms with Crippen LogP contribution in [0.25, 0.3) is 22.3 Å². The van der Waals surface area contributed by atoms with Crippen molar-refractivity contribution in [3.05, 3.63) is 94.8 Å². The van der Waals surface area contributed by atoms with Gasteiger partial charge in [0.25, 0.3) is 5.56 Å². The molecule has 0 fully saturated rings. The molecule has 0 radical (unpaired) electrons. The van der Waals surface area contributed by atoms with Gasteiger partial charge in [-0.05, 0) is 65.4 Å². The third kappa shape index (κ3) is 5.54. The average Bonchev–Trinajstić information content (AvgIpc) is 3.37. The van der Waals surface area contributed by atoms with E-state index in [2.05, 4.69) is 20.5 Å². The molecular formula is C25H19F3N6OS2. The maximum Gasteiger partial charge on any atom is 0.416 e. The number of hydrogen-bond acceptors (Lipinski definition) is 7. The first-order valence-electron chi connectivity index (χ1n) is 11.2. The van der Waals surface area contributed by atoms with E-state index in [9.17, 15) is 18.0 Å². The molecule has 5 aromatic rings. The Morgan fingerprint density at radius 1 is 0.784 bits per heavy atom. The van der Waals surface area contributed by atoms with Crippen LogP contribution in [-0.4, -0.2) is 41.3 Å². The summed E-state index contributed by atoms with van der Waals surface area (Å²) in [5.74, 6) is 1.35. The first-order valence-corrected chi connectivity index (χ1v) is 13.2. The molecule has 2 heterocycles. The summed E-state index contributed by atoms with van der Waals surface area (Å²) in [6.07, 6.45) is -3.70. The van der Waals surface area contributed by atoms with E-state index in [1.165, 1.54) is 40.2 Å². The van der Waals surface area contributed by atoms with Crippen LogP contribution in [0.1, 0.15) is 12.0 Å². The lowest BCUT2D eigenvalue weighted by atomic mass is 10.2. The molecule has 0 bridgehead atoms. The maximum absolute atomic E-state index is 13.3. The van der Waals surface area contributed by atoms with Gasteiger partial charge in [-0.3, -0.25) is 9.36 Å². The highest BCUT2D eigenvalue weighted by Crippen LogP contribution is 2.30. The van der Waals surface area contributed by atoms with E-state index in [1.807, 2.05) is 30.3 Å². The Balaban J connectivity index is 1.33. The van der Waals surface area contributed by atoms with Crippen molar-refractivity contribution in [3.8, 4) is 11.4 Å². The predicted molar refractivity (Wildman–Crippen MR) is 138 cm³/mol. The number of tetrazole rings is 1. The van der Waals surface area contributed by atoms with Crippen molar-refractivity contribution in [2.45, 2.75) is 22.9 Å². The molecule has 0 unspecified atom stereocenters. The zero-order chi connectivity index (χ0) is 25.8. The van der Waals surface area contributed by atoms with Crippen LogP contribution in [0.3, 0.4) is 0 Å². The molecule has 0 spiro atoms. The summed E-state index contributed by atoms with van der Waals surface area (Å²) in [5.41, 5.74) is 0.626. The van der Waals surface area contributed by atoms with Crippen LogP contribution in [0, 0.1) is 0 Å². The highest BCUT2D eigenvalue weighted by molar-refractivity contribution is 8.00. The molecule has 0 saturated heterocycles. The highest BCUT2D eigenvalue weighted by atomic mass is 32.2. The lowest BCUT2D eigenvalue weighted by molar-refractivity contribution is -0.137. The number of para-hydroxylation sites is 2. The van der Waals surface area contributed by atoms with Crippen molar-refractivity contribution in [2.75, 3.05) is 11.5 Å². The quantitative estimate of drug-likeness (QED) is 0.143. The van der Waals surface area contributed by atoms with Crippen LogP contribution in [0.4, 0.5) is 13.2 Å². The van der Waals surface area contributed by atoms with E-state index in [0.29, 0.717) is 32.7 Å². The van der Waals surface area contributed by atoms with Gasteiger partial charge in [0, 0.05) is 11.5 Å². The number of hydrogen-bond donors (Lipinski definition) is 0. The standard InChI is InChI=1S/C25H19F3N6OS2/c26-25(27,28)17-11-13-18(14-12-17)33-22(35)20-9-4-5-10-21(20)29-23(33)36-15-6-16-37-24-30-31-32-34(24)19-7-2-1-3-8-19/h1-5,7-14H,6,15-16H2. The molecule has 3 aromatic carbocycles. The van der Waals surface area contributed by atoms with E-state index in [1.54, 1.807) is 28.9 Å². The van der Waals surface area contributed by atoms with E-state index >= 15 is 0 Å². The van der Waals surface area contributed by atoms with Crippen molar-refractivity contribution in [2.24, 2.45) is 0 Å². The fourth-order valence-corrected chi connectivity index (χ4v) is 5.59. The van der Waals surface area contributed by atoms with Crippen molar-refractivity contribution in [3.63, 3.8) is 0 Å². The summed E-state index contributed by atoms with van der Waals surface area (Å²) in [5, 5.41) is 13.4. The van der Waals surface area contributed by atoms with Gasteiger partial charge in [-0.2, -0.15) is 17.9 Å². The van der Waals surface area contributed by atoms with Crippen LogP contribution in [0.5, 0.6) is 0 Å². The number of alkyl halides is 3. The number of halogens is 3. The molecule has 0 saturated carbocycles. The van der Waals surface area contributed by atoms with Crippen molar-refractivity contribution >= 4 is 34.4 Å². The Morgan fingerprint density at radius 3 is 2.19 bits per heavy atom. The Kier molecular flexibility index (Phi) is 7.28. The first kappa shape index (κ1) is 25.0. The number of fused-ring (bicyclic) bond motifs is 1. The van der Waals surface area contributed by atoms with Gasteiger partial charge in [0.1, 0.15) is 0 Å². The summed E-state index contributed by atoms with van der Waals surface area (Å²) in [6, 6.07) is 21.0. The molecule has 0 aliphatic carbocycles. The van der Waals surface area contributed by atoms with Crippen LogP contribution in [0.2, 0.25) is 0 Å². The monoisotopic (exact) mass is 540 g/mol. The predicted octanol–water partition coefficient (Wildman–Crippen LogP) is 5.65. The van der Waals surface area contributed by atoms with Gasteiger partial charge in [-0.25, -0.2) is 4.98 Å². The molecule has 5 rings (SSSR count). The molecule has 0 aliphatic heterocycles. The normalized spacial score (nSPS) is 11.8.